The van der Waals surface area contributed by atoms with Crippen LogP contribution in [0.3, 0.4) is 0 Å². The standard InChI is InChI=1S/C14H21FN2/c1-2-17-14(11-6-4-3-5-7-11)12-8-13(15)10-16-9-12/h8-11,14,17H,2-7H2,1H3. The van der Waals surface area contributed by atoms with Crippen LogP contribution in [-0.4, -0.2) is 11.5 Å². The van der Waals surface area contributed by atoms with Crippen molar-refractivity contribution in [2.75, 3.05) is 6.54 Å². The Bertz CT molecular complexity index is 348. The molecule has 1 aliphatic rings. The zero-order valence-corrected chi connectivity index (χ0v) is 10.5. The minimum Gasteiger partial charge on any atom is -0.310 e. The van der Waals surface area contributed by atoms with Crippen LogP contribution in [-0.2, 0) is 0 Å². The van der Waals surface area contributed by atoms with Gasteiger partial charge in [0.25, 0.3) is 0 Å². The fourth-order valence-corrected chi connectivity index (χ4v) is 2.84. The predicted molar refractivity (Wildman–Crippen MR) is 67.2 cm³/mol. The minimum atomic E-state index is -0.235. The fourth-order valence-electron chi connectivity index (χ4n) is 2.84. The van der Waals surface area contributed by atoms with Crippen molar-refractivity contribution in [3.8, 4) is 0 Å². The summed E-state index contributed by atoms with van der Waals surface area (Å²) in [6.07, 6.45) is 9.50. The molecular weight excluding hydrogens is 215 g/mol. The Morgan fingerprint density at radius 2 is 2.12 bits per heavy atom. The molecule has 0 saturated heterocycles. The van der Waals surface area contributed by atoms with Gasteiger partial charge in [0.15, 0.2) is 0 Å². The van der Waals surface area contributed by atoms with Gasteiger partial charge in [0.05, 0.1) is 6.20 Å². The third-order valence-electron chi connectivity index (χ3n) is 3.63. The highest BCUT2D eigenvalue weighted by Crippen LogP contribution is 2.34. The van der Waals surface area contributed by atoms with E-state index in [1.807, 2.05) is 0 Å². The molecule has 0 radical (unpaired) electrons. The largest absolute Gasteiger partial charge is 0.310 e. The van der Waals surface area contributed by atoms with Gasteiger partial charge in [-0.15, -0.1) is 0 Å². The van der Waals surface area contributed by atoms with Crippen LogP contribution in [0.1, 0.15) is 50.6 Å². The van der Waals surface area contributed by atoms with Crippen molar-refractivity contribution < 1.29 is 4.39 Å². The Hall–Kier alpha value is -0.960. The normalized spacial score (nSPS) is 19.2. The van der Waals surface area contributed by atoms with E-state index in [9.17, 15) is 4.39 Å². The van der Waals surface area contributed by atoms with Crippen molar-refractivity contribution in [1.29, 1.82) is 0 Å². The van der Waals surface area contributed by atoms with Crippen LogP contribution in [0.15, 0.2) is 18.5 Å². The summed E-state index contributed by atoms with van der Waals surface area (Å²) in [6, 6.07) is 1.89. The molecule has 1 aromatic heterocycles. The van der Waals surface area contributed by atoms with Crippen molar-refractivity contribution >= 4 is 0 Å². The molecular formula is C14H21FN2. The summed E-state index contributed by atoms with van der Waals surface area (Å²) in [6.45, 7) is 3.01. The molecule has 1 heterocycles. The predicted octanol–water partition coefficient (Wildman–Crippen LogP) is 3.45. The quantitative estimate of drug-likeness (QED) is 0.866. The van der Waals surface area contributed by atoms with Gasteiger partial charge in [-0.05, 0) is 36.9 Å². The summed E-state index contributed by atoms with van der Waals surface area (Å²) in [5, 5.41) is 3.49. The third kappa shape index (κ3) is 3.25. The minimum absolute atomic E-state index is 0.235. The highest BCUT2D eigenvalue weighted by Gasteiger charge is 2.24. The van der Waals surface area contributed by atoms with Crippen LogP contribution in [0.4, 0.5) is 4.39 Å². The summed E-state index contributed by atoms with van der Waals surface area (Å²) in [7, 11) is 0. The van der Waals surface area contributed by atoms with E-state index >= 15 is 0 Å². The molecule has 17 heavy (non-hydrogen) atoms. The van der Waals surface area contributed by atoms with Gasteiger partial charge >= 0.3 is 0 Å². The average Bonchev–Trinajstić information content (AvgIpc) is 2.37. The third-order valence-corrected chi connectivity index (χ3v) is 3.63. The van der Waals surface area contributed by atoms with Crippen LogP contribution in [0.25, 0.3) is 0 Å². The number of pyridine rings is 1. The molecule has 1 unspecified atom stereocenters. The number of halogens is 1. The molecule has 1 N–H and O–H groups in total. The molecule has 1 aliphatic carbocycles. The Kier molecular flexibility index (Phi) is 4.49. The van der Waals surface area contributed by atoms with E-state index in [0.717, 1.165) is 12.1 Å². The molecule has 1 saturated carbocycles. The number of hydrogen-bond donors (Lipinski definition) is 1. The smallest absolute Gasteiger partial charge is 0.141 e. The molecule has 1 fully saturated rings. The second-order valence-electron chi connectivity index (χ2n) is 4.87. The van der Waals surface area contributed by atoms with Gasteiger partial charge in [0.1, 0.15) is 5.82 Å². The van der Waals surface area contributed by atoms with Gasteiger partial charge in [0.2, 0.25) is 0 Å². The molecule has 2 rings (SSSR count). The Morgan fingerprint density at radius 1 is 1.35 bits per heavy atom. The van der Waals surface area contributed by atoms with Gasteiger partial charge in [-0.25, -0.2) is 4.39 Å². The van der Waals surface area contributed by atoms with Gasteiger partial charge < -0.3 is 5.32 Å². The van der Waals surface area contributed by atoms with Gasteiger partial charge in [-0.3, -0.25) is 4.98 Å². The molecule has 2 nitrogen and oxygen atoms in total. The Labute approximate surface area is 103 Å². The summed E-state index contributed by atoms with van der Waals surface area (Å²) in [5.41, 5.74) is 0.999. The number of nitrogens with one attached hydrogen (secondary N) is 1. The van der Waals surface area contributed by atoms with E-state index in [0.29, 0.717) is 5.92 Å². The Balaban J connectivity index is 2.15. The van der Waals surface area contributed by atoms with E-state index in [-0.39, 0.29) is 11.9 Å². The lowest BCUT2D eigenvalue weighted by atomic mass is 9.81. The van der Waals surface area contributed by atoms with Gasteiger partial charge in [-0.2, -0.15) is 0 Å². The van der Waals surface area contributed by atoms with Crippen LogP contribution >= 0.6 is 0 Å². The molecule has 0 aliphatic heterocycles. The highest BCUT2D eigenvalue weighted by molar-refractivity contribution is 5.16. The molecule has 0 spiro atoms. The van der Waals surface area contributed by atoms with E-state index in [4.69, 9.17) is 0 Å². The SMILES string of the molecule is CCNC(c1cncc(F)c1)C1CCCCC1. The molecule has 1 aromatic rings. The molecule has 94 valence electrons. The maximum atomic E-state index is 13.2. The molecule has 0 aromatic carbocycles. The second-order valence-corrected chi connectivity index (χ2v) is 4.87. The van der Waals surface area contributed by atoms with Gasteiger partial charge in [-0.1, -0.05) is 26.2 Å². The van der Waals surface area contributed by atoms with Crippen LogP contribution in [0.2, 0.25) is 0 Å². The monoisotopic (exact) mass is 236 g/mol. The summed E-state index contributed by atoms with van der Waals surface area (Å²) in [4.78, 5) is 3.97. The first kappa shape index (κ1) is 12.5. The van der Waals surface area contributed by atoms with Crippen molar-refractivity contribution in [1.82, 2.24) is 10.3 Å². The first-order chi connectivity index (χ1) is 8.31. The zero-order chi connectivity index (χ0) is 12.1. The van der Waals surface area contributed by atoms with Crippen molar-refractivity contribution in [3.63, 3.8) is 0 Å². The molecule has 0 amide bonds. The lowest BCUT2D eigenvalue weighted by Crippen LogP contribution is -2.29. The maximum Gasteiger partial charge on any atom is 0.141 e. The molecule has 0 bridgehead atoms. The first-order valence-electron chi connectivity index (χ1n) is 6.65. The Morgan fingerprint density at radius 3 is 2.76 bits per heavy atom. The lowest BCUT2D eigenvalue weighted by molar-refractivity contribution is 0.273. The molecule has 3 heteroatoms. The van der Waals surface area contributed by atoms with Crippen LogP contribution in [0, 0.1) is 11.7 Å². The summed E-state index contributed by atoms with van der Waals surface area (Å²) >= 11 is 0. The fraction of sp³-hybridized carbons (Fsp3) is 0.643. The average molecular weight is 236 g/mol. The van der Waals surface area contributed by atoms with Crippen molar-refractivity contribution in [2.45, 2.75) is 45.1 Å². The summed E-state index contributed by atoms with van der Waals surface area (Å²) < 4.78 is 13.2. The molecule has 1 atom stereocenters. The summed E-state index contributed by atoms with van der Waals surface area (Å²) in [5.74, 6) is 0.397. The maximum absolute atomic E-state index is 13.2. The van der Waals surface area contributed by atoms with E-state index in [1.54, 1.807) is 12.3 Å². The topological polar surface area (TPSA) is 24.9 Å². The number of aromatic nitrogens is 1. The number of hydrogen-bond acceptors (Lipinski definition) is 2. The zero-order valence-electron chi connectivity index (χ0n) is 10.5. The second kappa shape index (κ2) is 6.10. The lowest BCUT2D eigenvalue weighted by Gasteiger charge is -2.31. The van der Waals surface area contributed by atoms with Crippen molar-refractivity contribution in [2.24, 2.45) is 5.92 Å². The first-order valence-corrected chi connectivity index (χ1v) is 6.65. The van der Waals surface area contributed by atoms with E-state index < -0.39 is 0 Å². The van der Waals surface area contributed by atoms with Crippen LogP contribution in [0.5, 0.6) is 0 Å². The number of rotatable bonds is 4. The highest BCUT2D eigenvalue weighted by atomic mass is 19.1. The van der Waals surface area contributed by atoms with Crippen LogP contribution < -0.4 is 5.32 Å². The van der Waals surface area contributed by atoms with Gasteiger partial charge in [0, 0.05) is 12.2 Å². The van der Waals surface area contributed by atoms with E-state index in [1.165, 1.54) is 38.3 Å². The van der Waals surface area contributed by atoms with E-state index in [2.05, 4.69) is 17.2 Å². The van der Waals surface area contributed by atoms with Crippen molar-refractivity contribution in [3.05, 3.63) is 29.8 Å². The number of nitrogens with zero attached hydrogens (tertiary/aromatic N) is 1.